The number of hydrogen-bond donors (Lipinski definition) is 2. The standard InChI is InChI=1S/C30H58O2S/c1-27(2,3)21-13-19(14-22(25(21)31)28(4,5)6)17-33-18-20-15-23(29(7,8)9)26(32)24(16-20)30(10,11)12/h19-26,31-32H,13-18H2,1-12H3. The summed E-state index contributed by atoms with van der Waals surface area (Å²) in [5.74, 6) is 5.32. The van der Waals surface area contributed by atoms with Gasteiger partial charge >= 0.3 is 0 Å². The monoisotopic (exact) mass is 482 g/mol. The quantitative estimate of drug-likeness (QED) is 0.427. The van der Waals surface area contributed by atoms with E-state index in [0.717, 1.165) is 25.7 Å². The molecule has 4 unspecified atom stereocenters. The first-order valence-electron chi connectivity index (χ1n) is 13.7. The van der Waals surface area contributed by atoms with Gasteiger partial charge in [0.15, 0.2) is 0 Å². The molecule has 0 radical (unpaired) electrons. The molecule has 0 spiro atoms. The van der Waals surface area contributed by atoms with E-state index in [1.807, 2.05) is 0 Å². The van der Waals surface area contributed by atoms with Gasteiger partial charge in [-0.3, -0.25) is 0 Å². The van der Waals surface area contributed by atoms with Gasteiger partial charge in [0.05, 0.1) is 12.2 Å². The summed E-state index contributed by atoms with van der Waals surface area (Å²) in [5.41, 5.74) is 0.578. The van der Waals surface area contributed by atoms with Crippen LogP contribution in [-0.2, 0) is 0 Å². The lowest BCUT2D eigenvalue weighted by molar-refractivity contribution is -0.0806. The average Bonchev–Trinajstić information content (AvgIpc) is 2.60. The molecule has 0 aromatic carbocycles. The largest absolute Gasteiger partial charge is 0.393 e. The van der Waals surface area contributed by atoms with E-state index in [4.69, 9.17) is 0 Å². The minimum atomic E-state index is -0.189. The molecule has 0 aliphatic heterocycles. The van der Waals surface area contributed by atoms with Crippen LogP contribution in [0.4, 0.5) is 0 Å². The molecule has 2 saturated carbocycles. The summed E-state index contributed by atoms with van der Waals surface area (Å²) in [6.45, 7) is 27.7. The zero-order chi connectivity index (χ0) is 25.6. The molecule has 0 amide bonds. The van der Waals surface area contributed by atoms with Crippen molar-refractivity contribution in [2.75, 3.05) is 11.5 Å². The van der Waals surface area contributed by atoms with Crippen molar-refractivity contribution in [2.24, 2.45) is 57.2 Å². The van der Waals surface area contributed by atoms with Crippen LogP contribution in [0.2, 0.25) is 0 Å². The van der Waals surface area contributed by atoms with Crippen molar-refractivity contribution in [3.63, 3.8) is 0 Å². The molecule has 0 saturated heterocycles. The Hall–Kier alpha value is 0.270. The highest BCUT2D eigenvalue weighted by molar-refractivity contribution is 7.99. The minimum Gasteiger partial charge on any atom is -0.393 e. The number of thioether (sulfide) groups is 1. The molecule has 2 rings (SSSR count). The number of hydrogen-bond acceptors (Lipinski definition) is 3. The molecule has 0 bridgehead atoms. The van der Waals surface area contributed by atoms with Gasteiger partial charge in [-0.05, 0) is 94.4 Å². The highest BCUT2D eigenvalue weighted by Crippen LogP contribution is 2.51. The van der Waals surface area contributed by atoms with E-state index in [1.54, 1.807) is 0 Å². The van der Waals surface area contributed by atoms with Crippen molar-refractivity contribution in [3.8, 4) is 0 Å². The molecule has 2 nitrogen and oxygen atoms in total. The van der Waals surface area contributed by atoms with Gasteiger partial charge < -0.3 is 10.2 Å². The van der Waals surface area contributed by atoms with Crippen LogP contribution in [0.15, 0.2) is 0 Å². The predicted molar refractivity (Wildman–Crippen MR) is 147 cm³/mol. The molecule has 196 valence electrons. The van der Waals surface area contributed by atoms with E-state index in [9.17, 15) is 10.2 Å². The van der Waals surface area contributed by atoms with Crippen molar-refractivity contribution in [2.45, 2.75) is 121 Å². The molecule has 4 atom stereocenters. The van der Waals surface area contributed by atoms with Gasteiger partial charge in [-0.2, -0.15) is 11.8 Å². The second-order valence-electron chi connectivity index (χ2n) is 16.1. The third-order valence-electron chi connectivity index (χ3n) is 9.15. The third-order valence-corrected chi connectivity index (χ3v) is 10.6. The Morgan fingerprint density at radius 1 is 0.485 bits per heavy atom. The molecule has 2 N–H and O–H groups in total. The van der Waals surface area contributed by atoms with Crippen LogP contribution >= 0.6 is 11.8 Å². The van der Waals surface area contributed by atoms with Crippen molar-refractivity contribution >= 4 is 11.8 Å². The Kier molecular flexibility index (Phi) is 9.23. The Morgan fingerprint density at radius 3 is 0.879 bits per heavy atom. The average molecular weight is 483 g/mol. The van der Waals surface area contributed by atoms with Crippen molar-refractivity contribution in [1.29, 1.82) is 0 Å². The van der Waals surface area contributed by atoms with Crippen LogP contribution in [-0.4, -0.2) is 33.9 Å². The van der Waals surface area contributed by atoms with E-state index in [1.165, 1.54) is 11.5 Å². The van der Waals surface area contributed by atoms with Crippen molar-refractivity contribution in [3.05, 3.63) is 0 Å². The summed E-state index contributed by atoms with van der Waals surface area (Å²) in [4.78, 5) is 0. The topological polar surface area (TPSA) is 40.5 Å². The van der Waals surface area contributed by atoms with Gasteiger partial charge in [0.1, 0.15) is 0 Å². The molecule has 33 heavy (non-hydrogen) atoms. The Bertz CT molecular complexity index is 513. The number of aliphatic hydroxyl groups excluding tert-OH is 2. The SMILES string of the molecule is CC(C)(C)C1CC(CSCC2CC(C(C)(C)C)C(O)C(C(C)(C)C)C2)CC(C(C)(C)C)C1O. The van der Waals surface area contributed by atoms with Crippen LogP contribution in [0.1, 0.15) is 109 Å². The molecular weight excluding hydrogens is 424 g/mol. The Morgan fingerprint density at radius 2 is 0.697 bits per heavy atom. The van der Waals surface area contributed by atoms with Crippen molar-refractivity contribution < 1.29 is 10.2 Å². The lowest BCUT2D eigenvalue weighted by Gasteiger charge is -2.50. The first-order valence-corrected chi connectivity index (χ1v) is 14.8. The molecular formula is C30H58O2S. The molecule has 2 aliphatic rings. The van der Waals surface area contributed by atoms with Crippen LogP contribution in [0.5, 0.6) is 0 Å². The smallest absolute Gasteiger partial charge is 0.0606 e. The summed E-state index contributed by atoms with van der Waals surface area (Å²) in [5, 5.41) is 22.5. The van der Waals surface area contributed by atoms with Gasteiger partial charge in [-0.15, -0.1) is 0 Å². The van der Waals surface area contributed by atoms with E-state index < -0.39 is 0 Å². The predicted octanol–water partition coefficient (Wildman–Crippen LogP) is 7.91. The van der Waals surface area contributed by atoms with Crippen LogP contribution < -0.4 is 0 Å². The summed E-state index contributed by atoms with van der Waals surface area (Å²) < 4.78 is 0. The van der Waals surface area contributed by atoms with E-state index in [0.29, 0.717) is 35.5 Å². The third kappa shape index (κ3) is 7.63. The summed E-state index contributed by atoms with van der Waals surface area (Å²) >= 11 is 2.16. The number of aliphatic hydroxyl groups is 2. The Balaban J connectivity index is 2.06. The Labute approximate surface area is 211 Å². The maximum atomic E-state index is 11.3. The zero-order valence-corrected chi connectivity index (χ0v) is 25.0. The van der Waals surface area contributed by atoms with Crippen LogP contribution in [0.25, 0.3) is 0 Å². The minimum absolute atomic E-state index is 0.144. The first-order chi connectivity index (χ1) is 14.7. The summed E-state index contributed by atoms with van der Waals surface area (Å²) in [6.07, 6.45) is 4.24. The lowest BCUT2D eigenvalue weighted by Crippen LogP contribution is -2.48. The molecule has 0 aromatic rings. The molecule has 2 aliphatic carbocycles. The molecule has 0 heterocycles. The van der Waals surface area contributed by atoms with Gasteiger partial charge in [0, 0.05) is 0 Å². The van der Waals surface area contributed by atoms with Crippen LogP contribution in [0.3, 0.4) is 0 Å². The van der Waals surface area contributed by atoms with Gasteiger partial charge in [0.25, 0.3) is 0 Å². The second kappa shape index (κ2) is 10.3. The molecule has 2 fully saturated rings. The highest BCUT2D eigenvalue weighted by atomic mass is 32.2. The molecule has 3 heteroatoms. The fourth-order valence-electron chi connectivity index (χ4n) is 6.88. The second-order valence-corrected chi connectivity index (χ2v) is 17.2. The summed E-state index contributed by atoms with van der Waals surface area (Å²) in [7, 11) is 0. The zero-order valence-electron chi connectivity index (χ0n) is 24.2. The summed E-state index contributed by atoms with van der Waals surface area (Å²) in [6, 6.07) is 0. The molecule has 0 aromatic heterocycles. The normalized spacial score (nSPS) is 37.3. The first kappa shape index (κ1) is 29.5. The van der Waals surface area contributed by atoms with E-state index in [-0.39, 0.29) is 33.9 Å². The lowest BCUT2D eigenvalue weighted by atomic mass is 9.59. The van der Waals surface area contributed by atoms with Gasteiger partial charge in [-0.25, -0.2) is 0 Å². The maximum absolute atomic E-state index is 11.3. The van der Waals surface area contributed by atoms with E-state index in [2.05, 4.69) is 94.8 Å². The van der Waals surface area contributed by atoms with Gasteiger partial charge in [-0.1, -0.05) is 83.1 Å². The van der Waals surface area contributed by atoms with E-state index >= 15 is 0 Å². The maximum Gasteiger partial charge on any atom is 0.0606 e. The fraction of sp³-hybridized carbons (Fsp3) is 1.00. The fourth-order valence-corrected chi connectivity index (χ4v) is 8.23. The van der Waals surface area contributed by atoms with Gasteiger partial charge in [0.2, 0.25) is 0 Å². The van der Waals surface area contributed by atoms with Crippen LogP contribution in [0, 0.1) is 57.2 Å². The number of rotatable bonds is 4. The van der Waals surface area contributed by atoms with Crippen molar-refractivity contribution in [1.82, 2.24) is 0 Å². The highest BCUT2D eigenvalue weighted by Gasteiger charge is 2.47.